The van der Waals surface area contributed by atoms with Gasteiger partial charge in [0.05, 0.1) is 17.5 Å². The fraction of sp³-hybridized carbons (Fsp3) is 0.312. The van der Waals surface area contributed by atoms with E-state index < -0.39 is 22.0 Å². The molecule has 0 spiro atoms. The predicted molar refractivity (Wildman–Crippen MR) is 161 cm³/mol. The second-order valence-electron chi connectivity index (χ2n) is 10.5. The molecule has 1 fully saturated rings. The molecule has 226 valence electrons. The molecule has 2 heterocycles. The van der Waals surface area contributed by atoms with Gasteiger partial charge >= 0.3 is 5.97 Å². The van der Waals surface area contributed by atoms with Crippen LogP contribution >= 0.6 is 0 Å². The summed E-state index contributed by atoms with van der Waals surface area (Å²) in [5, 5.41) is 1.01. The quantitative estimate of drug-likeness (QED) is 0.257. The zero-order valence-corrected chi connectivity index (χ0v) is 25.0. The van der Waals surface area contributed by atoms with Gasteiger partial charge in [0, 0.05) is 55.9 Å². The number of sulfonamides is 1. The summed E-state index contributed by atoms with van der Waals surface area (Å²) in [5.41, 5.74) is 3.78. The number of piperazine rings is 1. The normalized spacial score (nSPS) is 15.3. The molecule has 0 bridgehead atoms. The van der Waals surface area contributed by atoms with E-state index in [1.54, 1.807) is 24.3 Å². The van der Waals surface area contributed by atoms with Gasteiger partial charge in [0.2, 0.25) is 10.0 Å². The number of esters is 1. The van der Waals surface area contributed by atoms with Crippen molar-refractivity contribution in [2.24, 2.45) is 0 Å². The average Bonchev–Trinajstić information content (AvgIpc) is 3.01. The monoisotopic (exact) mass is 606 g/mol. The molecule has 0 aliphatic carbocycles. The van der Waals surface area contributed by atoms with Gasteiger partial charge in [-0.1, -0.05) is 30.3 Å². The number of para-hydroxylation sites is 1. The molecule has 4 aromatic rings. The van der Waals surface area contributed by atoms with E-state index in [-0.39, 0.29) is 17.3 Å². The maximum atomic E-state index is 13.2. The van der Waals surface area contributed by atoms with Crippen molar-refractivity contribution in [1.29, 1.82) is 0 Å². The largest absolute Gasteiger partial charge is 0.489 e. The SMILES string of the molecule is COC(=O)[C@H](CNS(=O)(=O)c1ccc(OCc2cc(C)nc3ccccc23)cc1)N1CCN(Cc2ccc(F)cc2)CC1. The molecular weight excluding hydrogens is 571 g/mol. The number of hydrogen-bond donors (Lipinski definition) is 1. The fourth-order valence-corrected chi connectivity index (χ4v) is 6.28. The molecule has 1 aliphatic heterocycles. The molecule has 1 aromatic heterocycles. The molecule has 1 saturated heterocycles. The van der Waals surface area contributed by atoms with Crippen molar-refractivity contribution in [2.45, 2.75) is 31.0 Å². The van der Waals surface area contributed by atoms with Crippen molar-refractivity contribution in [3.8, 4) is 5.75 Å². The zero-order chi connectivity index (χ0) is 30.4. The van der Waals surface area contributed by atoms with Gasteiger partial charge in [0.15, 0.2) is 0 Å². The third-order valence-corrected chi connectivity index (χ3v) is 9.00. The lowest BCUT2D eigenvalue weighted by Crippen LogP contribution is -2.56. The van der Waals surface area contributed by atoms with Crippen LogP contribution in [0.15, 0.2) is 83.8 Å². The molecule has 1 atom stereocenters. The number of rotatable bonds is 11. The van der Waals surface area contributed by atoms with Gasteiger partial charge in [-0.3, -0.25) is 19.6 Å². The lowest BCUT2D eigenvalue weighted by atomic mass is 10.1. The van der Waals surface area contributed by atoms with Gasteiger partial charge in [-0.05, 0) is 61.0 Å². The topological polar surface area (TPSA) is 101 Å². The summed E-state index contributed by atoms with van der Waals surface area (Å²) in [5.74, 6) is -0.244. The van der Waals surface area contributed by atoms with E-state index in [4.69, 9.17) is 9.47 Å². The first kappa shape index (κ1) is 30.6. The Bertz CT molecular complexity index is 1660. The summed E-state index contributed by atoms with van der Waals surface area (Å²) >= 11 is 0. The average molecular weight is 607 g/mol. The lowest BCUT2D eigenvalue weighted by Gasteiger charge is -2.38. The van der Waals surface area contributed by atoms with Gasteiger partial charge in [-0.25, -0.2) is 17.5 Å². The van der Waals surface area contributed by atoms with Crippen molar-refractivity contribution in [3.05, 3.63) is 102 Å². The number of carbonyl (C=O) groups excluding carboxylic acids is 1. The Labute approximate surface area is 251 Å². The third-order valence-electron chi connectivity index (χ3n) is 7.57. The lowest BCUT2D eigenvalue weighted by molar-refractivity contribution is -0.147. The highest BCUT2D eigenvalue weighted by Gasteiger charge is 2.31. The van der Waals surface area contributed by atoms with Crippen molar-refractivity contribution in [2.75, 3.05) is 39.8 Å². The molecule has 9 nitrogen and oxygen atoms in total. The van der Waals surface area contributed by atoms with Crippen LogP contribution in [0.3, 0.4) is 0 Å². The number of pyridine rings is 1. The first-order chi connectivity index (χ1) is 20.7. The summed E-state index contributed by atoms with van der Waals surface area (Å²) in [6.45, 7) is 5.25. The Morgan fingerprint density at radius 2 is 1.70 bits per heavy atom. The smallest absolute Gasteiger partial charge is 0.324 e. The van der Waals surface area contributed by atoms with Crippen LogP contribution in [0.4, 0.5) is 4.39 Å². The first-order valence-corrected chi connectivity index (χ1v) is 15.6. The number of benzene rings is 3. The second-order valence-corrected chi connectivity index (χ2v) is 12.3. The van der Waals surface area contributed by atoms with E-state index in [9.17, 15) is 17.6 Å². The predicted octanol–water partition coefficient (Wildman–Crippen LogP) is 3.90. The van der Waals surface area contributed by atoms with E-state index >= 15 is 0 Å². The van der Waals surface area contributed by atoms with E-state index in [1.165, 1.54) is 31.4 Å². The number of methoxy groups -OCH3 is 1. The Morgan fingerprint density at radius 3 is 2.40 bits per heavy atom. The number of aromatic nitrogens is 1. The van der Waals surface area contributed by atoms with Crippen LogP contribution in [-0.4, -0.2) is 75.0 Å². The molecular formula is C32H35FN4O5S. The van der Waals surface area contributed by atoms with E-state index in [1.807, 2.05) is 42.2 Å². The Balaban J connectivity index is 1.17. The zero-order valence-electron chi connectivity index (χ0n) is 24.2. The van der Waals surface area contributed by atoms with Crippen LogP contribution < -0.4 is 9.46 Å². The number of aryl methyl sites for hydroxylation is 1. The minimum Gasteiger partial charge on any atom is -0.489 e. The number of ether oxygens (including phenoxy) is 2. The summed E-state index contributed by atoms with van der Waals surface area (Å²) in [6, 6.07) is 21.7. The number of hydrogen-bond acceptors (Lipinski definition) is 8. The van der Waals surface area contributed by atoms with E-state index in [0.29, 0.717) is 45.1 Å². The summed E-state index contributed by atoms with van der Waals surface area (Å²) in [7, 11) is -2.60. The van der Waals surface area contributed by atoms with Crippen LogP contribution in [0.1, 0.15) is 16.8 Å². The molecule has 0 radical (unpaired) electrons. The highest BCUT2D eigenvalue weighted by Crippen LogP contribution is 2.22. The Kier molecular flexibility index (Phi) is 9.66. The third kappa shape index (κ3) is 7.74. The number of nitrogens with one attached hydrogen (secondary N) is 1. The highest BCUT2D eigenvalue weighted by atomic mass is 32.2. The summed E-state index contributed by atoms with van der Waals surface area (Å²) < 4.78 is 53.0. The maximum Gasteiger partial charge on any atom is 0.324 e. The van der Waals surface area contributed by atoms with Crippen LogP contribution in [0.5, 0.6) is 5.75 Å². The fourth-order valence-electron chi connectivity index (χ4n) is 5.24. The van der Waals surface area contributed by atoms with Crippen LogP contribution in [0.2, 0.25) is 0 Å². The van der Waals surface area contributed by atoms with Crippen LogP contribution in [-0.2, 0) is 32.7 Å². The molecule has 5 rings (SSSR count). The molecule has 43 heavy (non-hydrogen) atoms. The summed E-state index contributed by atoms with van der Waals surface area (Å²) in [6.07, 6.45) is 0. The Hall–Kier alpha value is -3.90. The van der Waals surface area contributed by atoms with Crippen molar-refractivity contribution < 1.29 is 27.1 Å². The van der Waals surface area contributed by atoms with Crippen molar-refractivity contribution >= 4 is 26.9 Å². The van der Waals surface area contributed by atoms with Gasteiger partial charge in [0.1, 0.15) is 24.2 Å². The highest BCUT2D eigenvalue weighted by molar-refractivity contribution is 7.89. The molecule has 1 N–H and O–H groups in total. The molecule has 0 saturated carbocycles. The second kappa shape index (κ2) is 13.6. The van der Waals surface area contributed by atoms with Gasteiger partial charge < -0.3 is 9.47 Å². The van der Waals surface area contributed by atoms with Crippen molar-refractivity contribution in [3.63, 3.8) is 0 Å². The Morgan fingerprint density at radius 1 is 1.00 bits per heavy atom. The number of carbonyl (C=O) groups is 1. The maximum absolute atomic E-state index is 13.2. The van der Waals surface area contributed by atoms with Gasteiger partial charge in [-0.2, -0.15) is 0 Å². The molecule has 1 aliphatic rings. The number of nitrogens with zero attached hydrogens (tertiary/aromatic N) is 3. The standard InChI is InChI=1S/C32H35FN4O5S/c1-23-19-25(29-5-3-4-6-30(29)35-23)22-42-27-11-13-28(14-12-27)43(39,40)34-20-31(32(38)41-2)37-17-15-36(16-18-37)21-24-7-9-26(33)10-8-24/h3-14,19,31,34H,15-18,20-22H2,1-2H3/t31-/m0/s1. The van der Waals surface area contributed by atoms with Crippen LogP contribution in [0.25, 0.3) is 10.9 Å². The molecule has 3 aromatic carbocycles. The van der Waals surface area contributed by atoms with Crippen molar-refractivity contribution in [1.82, 2.24) is 19.5 Å². The minimum atomic E-state index is -3.90. The molecule has 0 amide bonds. The number of halogens is 1. The molecule has 11 heteroatoms. The first-order valence-electron chi connectivity index (χ1n) is 14.1. The van der Waals surface area contributed by atoms with E-state index in [2.05, 4.69) is 14.6 Å². The summed E-state index contributed by atoms with van der Waals surface area (Å²) in [4.78, 5) is 21.4. The van der Waals surface area contributed by atoms with Gasteiger partial charge in [0.25, 0.3) is 0 Å². The molecule has 0 unspecified atom stereocenters. The number of fused-ring (bicyclic) bond motifs is 1. The minimum absolute atomic E-state index is 0.0674. The van der Waals surface area contributed by atoms with Crippen LogP contribution in [0, 0.1) is 12.7 Å². The van der Waals surface area contributed by atoms with Gasteiger partial charge in [-0.15, -0.1) is 0 Å². The van der Waals surface area contributed by atoms with E-state index in [0.717, 1.165) is 27.7 Å².